The lowest BCUT2D eigenvalue weighted by atomic mass is 10.0. The topological polar surface area (TPSA) is 128 Å². The van der Waals surface area contributed by atoms with Gasteiger partial charge in [-0.3, -0.25) is 25.0 Å². The molecule has 1 aliphatic heterocycles. The molecule has 0 aromatic heterocycles. The summed E-state index contributed by atoms with van der Waals surface area (Å²) >= 11 is 3.32. The number of carbonyl (C=O) groups is 3. The van der Waals surface area contributed by atoms with Crippen molar-refractivity contribution < 1.29 is 28.8 Å². The summed E-state index contributed by atoms with van der Waals surface area (Å²) in [5.74, 6) is -0.767. The van der Waals surface area contributed by atoms with Crippen LogP contribution in [0.25, 0.3) is 6.08 Å². The quantitative estimate of drug-likeness (QED) is 0.103. The van der Waals surface area contributed by atoms with Gasteiger partial charge in [0.25, 0.3) is 17.5 Å². The number of nitrogens with zero attached hydrogens (tertiary/aromatic N) is 2. The lowest BCUT2D eigenvalue weighted by Crippen LogP contribution is -2.54. The molecule has 4 rings (SSSR count). The van der Waals surface area contributed by atoms with Crippen LogP contribution in [0.1, 0.15) is 23.6 Å². The number of nitrogens with one attached hydrogen (secondary N) is 1. The Labute approximate surface area is 238 Å². The maximum absolute atomic E-state index is 13.3. The molecule has 10 nitrogen and oxygen atoms in total. The Hall–Kier alpha value is -4.77. The van der Waals surface area contributed by atoms with Crippen LogP contribution in [0.3, 0.4) is 0 Å². The molecule has 1 aliphatic rings. The highest BCUT2D eigenvalue weighted by Crippen LogP contribution is 2.36. The van der Waals surface area contributed by atoms with E-state index < -0.39 is 22.8 Å². The molecule has 0 bridgehead atoms. The van der Waals surface area contributed by atoms with Crippen LogP contribution in [0.2, 0.25) is 0 Å². The highest BCUT2D eigenvalue weighted by molar-refractivity contribution is 9.10. The first-order valence-electron chi connectivity index (χ1n) is 12.2. The number of urea groups is 1. The van der Waals surface area contributed by atoms with Crippen LogP contribution >= 0.6 is 15.9 Å². The molecule has 11 heteroatoms. The molecule has 3 aromatic rings. The number of allylic oxidation sites excluding steroid dienone is 1. The molecule has 204 valence electrons. The van der Waals surface area contributed by atoms with E-state index in [0.717, 1.165) is 9.37 Å². The van der Waals surface area contributed by atoms with E-state index in [4.69, 9.17) is 9.47 Å². The Kier molecular flexibility index (Phi) is 8.75. The van der Waals surface area contributed by atoms with Gasteiger partial charge in [-0.2, -0.15) is 0 Å². The Morgan fingerprint density at radius 2 is 1.75 bits per heavy atom. The highest BCUT2D eigenvalue weighted by atomic mass is 79.9. The normalized spacial score (nSPS) is 14.2. The maximum atomic E-state index is 13.3. The summed E-state index contributed by atoms with van der Waals surface area (Å²) in [7, 11) is 0. The lowest BCUT2D eigenvalue weighted by Gasteiger charge is -2.26. The van der Waals surface area contributed by atoms with E-state index in [1.807, 2.05) is 0 Å². The van der Waals surface area contributed by atoms with Crippen molar-refractivity contribution in [1.82, 2.24) is 5.32 Å². The Morgan fingerprint density at radius 1 is 1.05 bits per heavy atom. The fraction of sp³-hybridized carbons (Fsp3) is 0.138. The Bertz CT molecular complexity index is 1520. The van der Waals surface area contributed by atoms with Crippen molar-refractivity contribution in [2.45, 2.75) is 20.0 Å². The number of barbiturate groups is 1. The summed E-state index contributed by atoms with van der Waals surface area (Å²) < 4.78 is 12.7. The zero-order valence-electron chi connectivity index (χ0n) is 21.4. The third-order valence-electron chi connectivity index (χ3n) is 5.85. The number of hydrogen-bond donors (Lipinski definition) is 1. The maximum Gasteiger partial charge on any atom is 0.335 e. The number of benzene rings is 3. The van der Waals surface area contributed by atoms with Gasteiger partial charge >= 0.3 is 6.03 Å². The third-order valence-corrected chi connectivity index (χ3v) is 6.37. The molecule has 40 heavy (non-hydrogen) atoms. The van der Waals surface area contributed by atoms with Crippen LogP contribution in [0.15, 0.2) is 83.4 Å². The summed E-state index contributed by atoms with van der Waals surface area (Å²) in [5.41, 5.74) is 1.93. The van der Waals surface area contributed by atoms with Gasteiger partial charge in [0.15, 0.2) is 11.5 Å². The molecular weight excluding hydrogens is 582 g/mol. The van der Waals surface area contributed by atoms with Crippen molar-refractivity contribution in [1.29, 1.82) is 0 Å². The summed E-state index contributed by atoms with van der Waals surface area (Å²) in [4.78, 5) is 49.9. The van der Waals surface area contributed by atoms with E-state index in [9.17, 15) is 24.5 Å². The average Bonchev–Trinajstić information content (AvgIpc) is 2.92. The predicted octanol–water partition coefficient (Wildman–Crippen LogP) is 5.73. The molecule has 3 aromatic carbocycles. The van der Waals surface area contributed by atoms with Gasteiger partial charge in [0.1, 0.15) is 12.2 Å². The van der Waals surface area contributed by atoms with Gasteiger partial charge < -0.3 is 9.47 Å². The number of non-ortho nitro benzene ring substituents is 1. The Balaban J connectivity index is 1.69. The lowest BCUT2D eigenvalue weighted by molar-refractivity contribution is -0.384. The first-order valence-corrected chi connectivity index (χ1v) is 12.9. The summed E-state index contributed by atoms with van der Waals surface area (Å²) in [6.45, 7) is 6.04. The molecule has 1 saturated heterocycles. The molecule has 0 radical (unpaired) electrons. The van der Waals surface area contributed by atoms with Crippen molar-refractivity contribution in [3.05, 3.63) is 110 Å². The standard InChI is InChI=1S/C29H24BrN3O7/c1-3-5-20-14-19(15-24-27(34)31-29(36)32(28(24)35)22-12-8-21(30)9-13-22)16-25(39-4-2)26(20)40-17-18-6-10-23(11-7-18)33(37)38/h3,6-16H,1,4-5,17H2,2H3,(H,31,34,36)/b24-15+. The van der Waals surface area contributed by atoms with Crippen molar-refractivity contribution in [2.75, 3.05) is 11.5 Å². The number of halogens is 1. The minimum atomic E-state index is -0.841. The van der Waals surface area contributed by atoms with Crippen LogP contribution < -0.4 is 19.7 Å². The van der Waals surface area contributed by atoms with Crippen molar-refractivity contribution in [3.8, 4) is 11.5 Å². The second-order valence-electron chi connectivity index (χ2n) is 8.58. The number of carbonyl (C=O) groups excluding carboxylic acids is 3. The second-order valence-corrected chi connectivity index (χ2v) is 9.50. The molecule has 4 amide bonds. The highest BCUT2D eigenvalue weighted by Gasteiger charge is 2.36. The molecule has 1 fully saturated rings. The number of amides is 4. The fourth-order valence-electron chi connectivity index (χ4n) is 4.02. The van der Waals surface area contributed by atoms with Crippen LogP contribution in [0, 0.1) is 10.1 Å². The number of nitro groups is 1. The van der Waals surface area contributed by atoms with E-state index in [1.54, 1.807) is 61.5 Å². The molecule has 0 saturated carbocycles. The number of rotatable bonds is 10. The molecule has 1 N–H and O–H groups in total. The number of nitro benzene ring substituents is 1. The van der Waals surface area contributed by atoms with Gasteiger partial charge in [0.2, 0.25) is 0 Å². The van der Waals surface area contributed by atoms with Crippen LogP contribution in [0.4, 0.5) is 16.2 Å². The number of hydrogen-bond acceptors (Lipinski definition) is 7. The summed E-state index contributed by atoms with van der Waals surface area (Å²) in [6, 6.07) is 15.1. The van der Waals surface area contributed by atoms with Gasteiger partial charge in [-0.05, 0) is 79.1 Å². The third kappa shape index (κ3) is 6.26. The van der Waals surface area contributed by atoms with Gasteiger partial charge in [0, 0.05) is 22.2 Å². The summed E-state index contributed by atoms with van der Waals surface area (Å²) in [6.07, 6.45) is 3.45. The van der Waals surface area contributed by atoms with E-state index in [-0.39, 0.29) is 17.9 Å². The van der Waals surface area contributed by atoms with E-state index >= 15 is 0 Å². The molecule has 0 atom stereocenters. The van der Waals surface area contributed by atoms with Crippen molar-refractivity contribution >= 4 is 51.2 Å². The van der Waals surface area contributed by atoms with Gasteiger partial charge in [-0.1, -0.05) is 22.0 Å². The molecule has 1 heterocycles. The monoisotopic (exact) mass is 605 g/mol. The van der Waals surface area contributed by atoms with Crippen LogP contribution in [-0.2, 0) is 22.6 Å². The average molecular weight is 606 g/mol. The van der Waals surface area contributed by atoms with Crippen LogP contribution in [0.5, 0.6) is 11.5 Å². The molecule has 0 aliphatic carbocycles. The van der Waals surface area contributed by atoms with Gasteiger partial charge in [-0.15, -0.1) is 6.58 Å². The second kappa shape index (κ2) is 12.4. The molecule has 0 unspecified atom stereocenters. The number of ether oxygens (including phenoxy) is 2. The minimum absolute atomic E-state index is 0.0230. The molecule has 0 spiro atoms. The SMILES string of the molecule is C=CCc1cc(/C=C2\C(=O)NC(=O)N(c3ccc(Br)cc3)C2=O)cc(OCC)c1OCc1ccc([N+](=O)[O-])cc1. The minimum Gasteiger partial charge on any atom is -0.490 e. The van der Waals surface area contributed by atoms with Crippen molar-refractivity contribution in [2.24, 2.45) is 0 Å². The van der Waals surface area contributed by atoms with E-state index in [2.05, 4.69) is 27.8 Å². The van der Waals surface area contributed by atoms with Crippen LogP contribution in [-0.4, -0.2) is 29.4 Å². The Morgan fingerprint density at radius 3 is 2.38 bits per heavy atom. The smallest absolute Gasteiger partial charge is 0.335 e. The van der Waals surface area contributed by atoms with Gasteiger partial charge in [-0.25, -0.2) is 9.69 Å². The zero-order valence-corrected chi connectivity index (χ0v) is 23.0. The van der Waals surface area contributed by atoms with Crippen molar-refractivity contribution in [3.63, 3.8) is 0 Å². The first-order chi connectivity index (χ1) is 19.2. The fourth-order valence-corrected chi connectivity index (χ4v) is 4.28. The van der Waals surface area contributed by atoms with Gasteiger partial charge in [0.05, 0.1) is 17.2 Å². The molecular formula is C29H24BrN3O7. The first kappa shape index (κ1) is 28.2. The van der Waals surface area contributed by atoms with E-state index in [0.29, 0.717) is 46.9 Å². The predicted molar refractivity (Wildman–Crippen MR) is 152 cm³/mol. The van der Waals surface area contributed by atoms with E-state index in [1.165, 1.54) is 18.2 Å². The zero-order chi connectivity index (χ0) is 28.8. The summed E-state index contributed by atoms with van der Waals surface area (Å²) in [5, 5.41) is 13.2. The largest absolute Gasteiger partial charge is 0.490 e. The number of anilines is 1. The number of imide groups is 2.